The van der Waals surface area contributed by atoms with E-state index >= 15 is 0 Å². The van der Waals surface area contributed by atoms with E-state index in [4.69, 9.17) is 0 Å². The Morgan fingerprint density at radius 3 is 1.87 bits per heavy atom. The van der Waals surface area contributed by atoms with Gasteiger partial charge in [0.05, 0.1) is 0 Å². The van der Waals surface area contributed by atoms with Gasteiger partial charge in [-0.1, -0.05) is 0 Å². The Labute approximate surface area is 86.0 Å². The first-order valence-electron chi connectivity index (χ1n) is 4.22. The van der Waals surface area contributed by atoms with Crippen LogP contribution in [0.3, 0.4) is 0 Å². The van der Waals surface area contributed by atoms with Crippen LogP contribution in [0.25, 0.3) is 0 Å². The van der Waals surface area contributed by atoms with Crippen molar-refractivity contribution in [2.75, 3.05) is 14.1 Å². The second-order valence-electron chi connectivity index (χ2n) is 3.21. The number of urea groups is 1. The molecule has 1 saturated heterocycles. The van der Waals surface area contributed by atoms with E-state index in [2.05, 4.69) is 5.32 Å². The smallest absolute Gasteiger partial charge is 0.332 e. The van der Waals surface area contributed by atoms with E-state index in [9.17, 15) is 19.2 Å². The molecule has 0 atom stereocenters. The monoisotopic (exact) mass is 213 g/mol. The van der Waals surface area contributed by atoms with Crippen LogP contribution in [-0.4, -0.2) is 53.7 Å². The molecule has 1 aliphatic heterocycles. The van der Waals surface area contributed by atoms with Gasteiger partial charge in [-0.05, 0) is 0 Å². The lowest BCUT2D eigenvalue weighted by Gasteiger charge is -2.32. The van der Waals surface area contributed by atoms with Gasteiger partial charge in [-0.25, -0.2) is 4.79 Å². The predicted molar refractivity (Wildman–Crippen MR) is 48.5 cm³/mol. The molecule has 1 heterocycles. The average molecular weight is 213 g/mol. The summed E-state index contributed by atoms with van der Waals surface area (Å²) in [5, 5.41) is 2.19. The minimum absolute atomic E-state index is 0.502. The van der Waals surface area contributed by atoms with Crippen LogP contribution in [0.1, 0.15) is 6.92 Å². The molecule has 1 fully saturated rings. The summed E-state index contributed by atoms with van der Waals surface area (Å²) in [5.41, 5.74) is 0. The van der Waals surface area contributed by atoms with Gasteiger partial charge in [-0.2, -0.15) is 0 Å². The summed E-state index contributed by atoms with van der Waals surface area (Å²) in [5.74, 6) is -1.95. The average Bonchev–Trinajstić information content (AvgIpc) is 2.18. The fourth-order valence-electron chi connectivity index (χ4n) is 1.23. The van der Waals surface area contributed by atoms with Crippen molar-refractivity contribution in [3.8, 4) is 0 Å². The topological polar surface area (TPSA) is 86.8 Å². The van der Waals surface area contributed by atoms with Gasteiger partial charge in [0, 0.05) is 21.0 Å². The number of nitrogens with one attached hydrogen (secondary N) is 1. The maximum absolute atomic E-state index is 11.5. The molecule has 5 amide bonds. The second-order valence-corrected chi connectivity index (χ2v) is 3.21. The standard InChI is InChI=1S/C8H11N3O4/c1-4(12)9-5-6(13)10(2)8(15)11(3)7(5)14/h5H,1-3H3,(H,9,12). The molecule has 0 aromatic heterocycles. The minimum Gasteiger partial charge on any atom is -0.337 e. The molecule has 0 saturated carbocycles. The summed E-state index contributed by atoms with van der Waals surface area (Å²) in [7, 11) is 2.50. The van der Waals surface area contributed by atoms with Gasteiger partial charge in [-0.3, -0.25) is 24.2 Å². The molecule has 1 rings (SSSR count). The van der Waals surface area contributed by atoms with Gasteiger partial charge in [-0.15, -0.1) is 0 Å². The molecule has 0 aromatic carbocycles. The van der Waals surface area contributed by atoms with Crippen LogP contribution in [0.5, 0.6) is 0 Å². The molecule has 0 unspecified atom stereocenters. The molecule has 0 bridgehead atoms. The molecule has 0 radical (unpaired) electrons. The highest BCUT2D eigenvalue weighted by molar-refractivity contribution is 6.19. The molecule has 1 N–H and O–H groups in total. The molecule has 7 heteroatoms. The number of imide groups is 2. The molecule has 1 aliphatic rings. The number of barbiturate groups is 1. The van der Waals surface area contributed by atoms with E-state index in [1.807, 2.05) is 0 Å². The van der Waals surface area contributed by atoms with E-state index in [0.29, 0.717) is 0 Å². The lowest BCUT2D eigenvalue weighted by atomic mass is 10.2. The van der Waals surface area contributed by atoms with Crippen molar-refractivity contribution in [2.24, 2.45) is 0 Å². The van der Waals surface area contributed by atoms with Gasteiger partial charge in [0.2, 0.25) is 5.91 Å². The number of carbonyl (C=O) groups excluding carboxylic acids is 4. The normalized spacial score (nSPS) is 18.5. The first-order valence-corrected chi connectivity index (χ1v) is 4.22. The van der Waals surface area contributed by atoms with Gasteiger partial charge >= 0.3 is 6.03 Å². The lowest BCUT2D eigenvalue weighted by molar-refractivity contribution is -0.146. The lowest BCUT2D eigenvalue weighted by Crippen LogP contribution is -2.64. The number of hydrogen-bond acceptors (Lipinski definition) is 4. The molecule has 82 valence electrons. The number of nitrogens with zero attached hydrogens (tertiary/aromatic N) is 2. The third-order valence-corrected chi connectivity index (χ3v) is 2.08. The van der Waals surface area contributed by atoms with Crippen molar-refractivity contribution in [1.29, 1.82) is 0 Å². The van der Waals surface area contributed by atoms with Crippen LogP contribution in [0.4, 0.5) is 4.79 Å². The fourth-order valence-corrected chi connectivity index (χ4v) is 1.23. The van der Waals surface area contributed by atoms with Crippen LogP contribution in [0, 0.1) is 0 Å². The SMILES string of the molecule is CC(=O)NC1C(=O)N(C)C(=O)N(C)C1=O. The number of likely N-dealkylation sites (N-methyl/N-ethyl adjacent to an activating group) is 2. The van der Waals surface area contributed by atoms with Crippen LogP contribution >= 0.6 is 0 Å². The highest BCUT2D eigenvalue weighted by atomic mass is 16.2. The van der Waals surface area contributed by atoms with Crippen molar-refractivity contribution in [3.63, 3.8) is 0 Å². The zero-order valence-corrected chi connectivity index (χ0v) is 8.60. The Kier molecular flexibility index (Phi) is 2.74. The number of rotatable bonds is 1. The molecule has 0 aromatic rings. The Hall–Kier alpha value is -1.92. The second kappa shape index (κ2) is 3.68. The number of carbonyl (C=O) groups is 4. The van der Waals surface area contributed by atoms with Crippen LogP contribution in [-0.2, 0) is 14.4 Å². The van der Waals surface area contributed by atoms with Gasteiger partial charge < -0.3 is 5.32 Å². The molecule has 0 aliphatic carbocycles. The fraction of sp³-hybridized carbons (Fsp3) is 0.500. The third kappa shape index (κ3) is 1.80. The van der Waals surface area contributed by atoms with Crippen LogP contribution in [0.2, 0.25) is 0 Å². The first-order chi connectivity index (χ1) is 6.86. The van der Waals surface area contributed by atoms with Crippen LogP contribution < -0.4 is 5.32 Å². The van der Waals surface area contributed by atoms with Crippen molar-refractivity contribution in [1.82, 2.24) is 15.1 Å². The summed E-state index contributed by atoms with van der Waals surface area (Å²) < 4.78 is 0. The maximum Gasteiger partial charge on any atom is 0.332 e. The summed E-state index contributed by atoms with van der Waals surface area (Å²) >= 11 is 0. The molecule has 0 spiro atoms. The van der Waals surface area contributed by atoms with Crippen molar-refractivity contribution in [3.05, 3.63) is 0 Å². The largest absolute Gasteiger partial charge is 0.337 e. The summed E-state index contributed by atoms with van der Waals surface area (Å²) in [6.45, 7) is 1.19. The first kappa shape index (κ1) is 11.2. The Morgan fingerprint density at radius 2 is 1.53 bits per heavy atom. The van der Waals surface area contributed by atoms with E-state index in [-0.39, 0.29) is 0 Å². The van der Waals surface area contributed by atoms with Crippen molar-refractivity contribution in [2.45, 2.75) is 13.0 Å². The highest BCUT2D eigenvalue weighted by Gasteiger charge is 2.42. The predicted octanol–water partition coefficient (Wildman–Crippen LogP) is -1.46. The molecular formula is C8H11N3O4. The highest BCUT2D eigenvalue weighted by Crippen LogP contribution is 2.08. The Morgan fingerprint density at radius 1 is 1.13 bits per heavy atom. The van der Waals surface area contributed by atoms with E-state index < -0.39 is 29.8 Å². The zero-order chi connectivity index (χ0) is 11.7. The van der Waals surface area contributed by atoms with Gasteiger partial charge in [0.1, 0.15) is 0 Å². The third-order valence-electron chi connectivity index (χ3n) is 2.08. The maximum atomic E-state index is 11.5. The van der Waals surface area contributed by atoms with Crippen LogP contribution in [0.15, 0.2) is 0 Å². The summed E-state index contributed by atoms with van der Waals surface area (Å²) in [6, 6.07) is -2.00. The number of hydrogen-bond donors (Lipinski definition) is 1. The minimum atomic E-state index is -1.30. The van der Waals surface area contributed by atoms with Crippen molar-refractivity contribution >= 4 is 23.8 Å². The Balaban J connectivity index is 2.97. The van der Waals surface area contributed by atoms with E-state index in [1.54, 1.807) is 0 Å². The van der Waals surface area contributed by atoms with Gasteiger partial charge in [0.15, 0.2) is 6.04 Å². The Bertz CT molecular complexity index is 328. The van der Waals surface area contributed by atoms with Crippen molar-refractivity contribution < 1.29 is 19.2 Å². The summed E-state index contributed by atoms with van der Waals surface area (Å²) in [4.78, 5) is 46.6. The molecular weight excluding hydrogens is 202 g/mol. The number of amides is 5. The van der Waals surface area contributed by atoms with Gasteiger partial charge in [0.25, 0.3) is 11.8 Å². The summed E-state index contributed by atoms with van der Waals surface area (Å²) in [6.07, 6.45) is 0. The molecule has 7 nitrogen and oxygen atoms in total. The molecule has 15 heavy (non-hydrogen) atoms. The van der Waals surface area contributed by atoms with E-state index in [1.165, 1.54) is 21.0 Å². The quantitative estimate of drug-likeness (QED) is 0.539. The van der Waals surface area contributed by atoms with E-state index in [0.717, 1.165) is 9.80 Å². The zero-order valence-electron chi connectivity index (χ0n) is 8.60.